The fraction of sp³-hybridized carbons (Fsp3) is 0.154. The Balaban J connectivity index is 2.49. The van der Waals surface area contributed by atoms with Crippen LogP contribution in [-0.4, -0.2) is 12.0 Å². The van der Waals surface area contributed by atoms with Crippen molar-refractivity contribution in [3.63, 3.8) is 0 Å². The molecule has 1 atom stereocenters. The monoisotopic (exact) mass is 390 g/mol. The summed E-state index contributed by atoms with van der Waals surface area (Å²) in [7, 11) is 1.71. The van der Waals surface area contributed by atoms with Gasteiger partial charge in [-0.05, 0) is 62.7 Å². The molecule has 0 aliphatic carbocycles. The van der Waals surface area contributed by atoms with Crippen LogP contribution in [0.25, 0.3) is 0 Å². The van der Waals surface area contributed by atoms with Crippen LogP contribution in [-0.2, 0) is 0 Å². The number of hydrogen-bond donors (Lipinski definition) is 1. The van der Waals surface area contributed by atoms with Crippen LogP contribution in [0.5, 0.6) is 0 Å². The minimum absolute atomic E-state index is 0.396. The lowest BCUT2D eigenvalue weighted by Gasteiger charge is -2.18. The number of aromatic nitrogens is 1. The Bertz CT molecular complexity index is 585. The molecule has 1 aromatic heterocycles. The Morgan fingerprint density at radius 1 is 1.11 bits per heavy atom. The molecule has 6 heteroatoms. The van der Waals surface area contributed by atoms with Crippen molar-refractivity contribution >= 4 is 31.9 Å². The molecular formula is C13H10Br2F2N2. The molecular weight excluding hydrogens is 382 g/mol. The molecule has 19 heavy (non-hydrogen) atoms. The maximum Gasteiger partial charge on any atom is 0.126 e. The van der Waals surface area contributed by atoms with Crippen molar-refractivity contribution in [3.8, 4) is 0 Å². The first-order valence-corrected chi connectivity index (χ1v) is 7.04. The number of hydrogen-bond acceptors (Lipinski definition) is 2. The minimum Gasteiger partial charge on any atom is -0.308 e. The first-order chi connectivity index (χ1) is 9.01. The van der Waals surface area contributed by atoms with Gasteiger partial charge in [-0.3, -0.25) is 4.98 Å². The average Bonchev–Trinajstić information content (AvgIpc) is 2.31. The van der Waals surface area contributed by atoms with E-state index in [1.54, 1.807) is 13.2 Å². The second kappa shape index (κ2) is 6.07. The Hall–Kier alpha value is -0.850. The fourth-order valence-electron chi connectivity index (χ4n) is 1.84. The number of nitrogens with zero attached hydrogens (tertiary/aromatic N) is 1. The van der Waals surface area contributed by atoms with Crippen molar-refractivity contribution in [2.75, 3.05) is 7.05 Å². The molecule has 2 rings (SSSR count). The van der Waals surface area contributed by atoms with Crippen LogP contribution in [0.1, 0.15) is 17.3 Å². The Kier molecular flexibility index (Phi) is 4.65. The van der Waals surface area contributed by atoms with Gasteiger partial charge in [0.1, 0.15) is 11.6 Å². The van der Waals surface area contributed by atoms with E-state index in [0.717, 1.165) is 15.0 Å². The molecule has 0 aliphatic rings. The molecule has 0 saturated carbocycles. The third-order valence-corrected chi connectivity index (χ3v) is 3.69. The molecule has 0 spiro atoms. The summed E-state index contributed by atoms with van der Waals surface area (Å²) in [6.07, 6.45) is 1.64. The van der Waals surface area contributed by atoms with Crippen molar-refractivity contribution in [3.05, 3.63) is 62.3 Å². The quantitative estimate of drug-likeness (QED) is 0.848. The SMILES string of the molecule is CNC(c1cc(F)cc(F)c1)c1ncc(Br)cc1Br. The summed E-state index contributed by atoms with van der Waals surface area (Å²) in [4.78, 5) is 4.28. The highest BCUT2D eigenvalue weighted by Crippen LogP contribution is 2.29. The van der Waals surface area contributed by atoms with Crippen molar-refractivity contribution in [1.82, 2.24) is 10.3 Å². The maximum absolute atomic E-state index is 13.3. The zero-order valence-corrected chi connectivity index (χ0v) is 13.1. The molecule has 1 heterocycles. The van der Waals surface area contributed by atoms with Crippen LogP contribution in [0.15, 0.2) is 39.4 Å². The molecule has 0 amide bonds. The van der Waals surface area contributed by atoms with Crippen molar-refractivity contribution in [1.29, 1.82) is 0 Å². The van der Waals surface area contributed by atoms with Crippen LogP contribution >= 0.6 is 31.9 Å². The van der Waals surface area contributed by atoms with E-state index < -0.39 is 17.7 Å². The predicted molar refractivity (Wildman–Crippen MR) is 76.9 cm³/mol. The minimum atomic E-state index is -0.608. The maximum atomic E-state index is 13.3. The molecule has 0 fully saturated rings. The first kappa shape index (κ1) is 14.6. The molecule has 0 bridgehead atoms. The van der Waals surface area contributed by atoms with Crippen LogP contribution in [0.4, 0.5) is 8.78 Å². The van der Waals surface area contributed by atoms with E-state index in [-0.39, 0.29) is 0 Å². The van der Waals surface area contributed by atoms with E-state index in [1.807, 2.05) is 6.07 Å². The lowest BCUT2D eigenvalue weighted by Crippen LogP contribution is -2.19. The van der Waals surface area contributed by atoms with Crippen molar-refractivity contribution < 1.29 is 8.78 Å². The zero-order valence-electron chi connectivity index (χ0n) is 9.92. The topological polar surface area (TPSA) is 24.9 Å². The summed E-state index contributed by atoms with van der Waals surface area (Å²) in [5.41, 5.74) is 1.14. The molecule has 100 valence electrons. The molecule has 2 aromatic rings. The second-order valence-corrected chi connectivity index (χ2v) is 5.72. The molecule has 1 unspecified atom stereocenters. The van der Waals surface area contributed by atoms with E-state index in [9.17, 15) is 8.78 Å². The molecule has 0 saturated heterocycles. The van der Waals surface area contributed by atoms with Gasteiger partial charge in [-0.1, -0.05) is 0 Å². The van der Waals surface area contributed by atoms with Gasteiger partial charge in [-0.25, -0.2) is 8.78 Å². The van der Waals surface area contributed by atoms with E-state index in [2.05, 4.69) is 42.2 Å². The number of pyridine rings is 1. The van der Waals surface area contributed by atoms with Crippen LogP contribution in [0.3, 0.4) is 0 Å². The lowest BCUT2D eigenvalue weighted by molar-refractivity contribution is 0.569. The largest absolute Gasteiger partial charge is 0.308 e. The predicted octanol–water partition coefficient (Wildman–Crippen LogP) is 4.19. The highest BCUT2D eigenvalue weighted by atomic mass is 79.9. The summed E-state index contributed by atoms with van der Waals surface area (Å²) in [5.74, 6) is -1.22. The third kappa shape index (κ3) is 3.38. The van der Waals surface area contributed by atoms with E-state index in [1.165, 1.54) is 12.1 Å². The van der Waals surface area contributed by atoms with Crippen molar-refractivity contribution in [2.24, 2.45) is 0 Å². The summed E-state index contributed by atoms with van der Waals surface area (Å²) >= 11 is 6.72. The van der Waals surface area contributed by atoms with Gasteiger partial charge in [-0.2, -0.15) is 0 Å². The van der Waals surface area contributed by atoms with E-state index >= 15 is 0 Å². The molecule has 1 aromatic carbocycles. The van der Waals surface area contributed by atoms with Gasteiger partial charge in [0.05, 0.1) is 11.7 Å². The normalized spacial score (nSPS) is 12.5. The van der Waals surface area contributed by atoms with E-state index in [4.69, 9.17) is 0 Å². The molecule has 0 aliphatic heterocycles. The van der Waals surface area contributed by atoms with Crippen LogP contribution < -0.4 is 5.32 Å². The van der Waals surface area contributed by atoms with Crippen LogP contribution in [0, 0.1) is 11.6 Å². The summed E-state index contributed by atoms with van der Waals surface area (Å²) in [6.45, 7) is 0. The highest BCUT2D eigenvalue weighted by Gasteiger charge is 2.18. The van der Waals surface area contributed by atoms with Gasteiger partial charge in [-0.15, -0.1) is 0 Å². The summed E-state index contributed by atoms with van der Waals surface area (Å²) in [6, 6.07) is 4.87. The Morgan fingerprint density at radius 3 is 2.26 bits per heavy atom. The second-order valence-electron chi connectivity index (χ2n) is 3.95. The van der Waals surface area contributed by atoms with Gasteiger partial charge < -0.3 is 5.32 Å². The molecule has 1 N–H and O–H groups in total. The Labute approximate surface area is 126 Å². The number of nitrogens with one attached hydrogen (secondary N) is 1. The van der Waals surface area contributed by atoms with E-state index in [0.29, 0.717) is 11.3 Å². The smallest absolute Gasteiger partial charge is 0.126 e. The van der Waals surface area contributed by atoms with Gasteiger partial charge in [0, 0.05) is 21.2 Å². The zero-order chi connectivity index (χ0) is 14.0. The average molecular weight is 392 g/mol. The fourth-order valence-corrected chi connectivity index (χ4v) is 3.06. The number of halogens is 4. The standard InChI is InChI=1S/C13H10Br2F2N2/c1-18-12(7-2-9(16)5-10(17)3-7)13-11(15)4-8(14)6-19-13/h2-6,12,18H,1H3. The summed E-state index contributed by atoms with van der Waals surface area (Å²) < 4.78 is 28.2. The third-order valence-electron chi connectivity index (χ3n) is 2.62. The summed E-state index contributed by atoms with van der Waals surface area (Å²) in [5, 5.41) is 3.01. The molecule has 2 nitrogen and oxygen atoms in total. The van der Waals surface area contributed by atoms with Gasteiger partial charge in [0.2, 0.25) is 0 Å². The highest BCUT2D eigenvalue weighted by molar-refractivity contribution is 9.11. The van der Waals surface area contributed by atoms with Crippen LogP contribution in [0.2, 0.25) is 0 Å². The lowest BCUT2D eigenvalue weighted by atomic mass is 10.0. The first-order valence-electron chi connectivity index (χ1n) is 5.45. The Morgan fingerprint density at radius 2 is 1.74 bits per heavy atom. The van der Waals surface area contributed by atoms with Gasteiger partial charge in [0.25, 0.3) is 0 Å². The van der Waals surface area contributed by atoms with Gasteiger partial charge >= 0.3 is 0 Å². The molecule has 0 radical (unpaired) electrons. The van der Waals surface area contributed by atoms with Crippen molar-refractivity contribution in [2.45, 2.75) is 6.04 Å². The van der Waals surface area contributed by atoms with Gasteiger partial charge in [0.15, 0.2) is 0 Å². The number of benzene rings is 1. The number of rotatable bonds is 3.